The molecule has 2 aromatic heterocycles. The van der Waals surface area contributed by atoms with Crippen molar-refractivity contribution in [3.8, 4) is 0 Å². The molecule has 3 rings (SSSR count). The Morgan fingerprint density at radius 1 is 1.40 bits per heavy atom. The monoisotopic (exact) mass is 277 g/mol. The highest BCUT2D eigenvalue weighted by atomic mass is 16.5. The lowest BCUT2D eigenvalue weighted by molar-refractivity contribution is 0.0158. The van der Waals surface area contributed by atoms with Crippen molar-refractivity contribution in [3.63, 3.8) is 0 Å². The van der Waals surface area contributed by atoms with Gasteiger partial charge in [0.25, 0.3) is 0 Å². The van der Waals surface area contributed by atoms with Crippen LogP contribution in [0.15, 0.2) is 12.7 Å². The van der Waals surface area contributed by atoms with Crippen LogP contribution in [0, 0.1) is 0 Å². The SMILES string of the molecule is Nc1ncnc2c1ncn2CCCOCC1CCCO1. The van der Waals surface area contributed by atoms with Gasteiger partial charge in [0, 0.05) is 19.8 Å². The van der Waals surface area contributed by atoms with Gasteiger partial charge in [0.1, 0.15) is 11.8 Å². The summed E-state index contributed by atoms with van der Waals surface area (Å²) in [5.74, 6) is 0.420. The van der Waals surface area contributed by atoms with Gasteiger partial charge in [0.05, 0.1) is 19.0 Å². The van der Waals surface area contributed by atoms with Gasteiger partial charge < -0.3 is 19.8 Å². The minimum absolute atomic E-state index is 0.289. The molecule has 108 valence electrons. The summed E-state index contributed by atoms with van der Waals surface area (Å²) < 4.78 is 13.1. The highest BCUT2D eigenvalue weighted by Gasteiger charge is 2.15. The summed E-state index contributed by atoms with van der Waals surface area (Å²) in [6, 6.07) is 0. The number of ether oxygens (including phenoxy) is 2. The van der Waals surface area contributed by atoms with Crippen molar-refractivity contribution in [3.05, 3.63) is 12.7 Å². The summed E-state index contributed by atoms with van der Waals surface area (Å²) in [6.45, 7) is 3.08. The minimum Gasteiger partial charge on any atom is -0.382 e. The summed E-state index contributed by atoms with van der Waals surface area (Å²) in [7, 11) is 0. The number of aromatic nitrogens is 4. The molecule has 3 heterocycles. The molecule has 0 spiro atoms. The van der Waals surface area contributed by atoms with E-state index in [0.717, 1.165) is 38.1 Å². The number of hydrogen-bond acceptors (Lipinski definition) is 6. The Morgan fingerprint density at radius 3 is 3.20 bits per heavy atom. The van der Waals surface area contributed by atoms with Crippen LogP contribution in [0.2, 0.25) is 0 Å². The van der Waals surface area contributed by atoms with Crippen molar-refractivity contribution in [2.24, 2.45) is 0 Å². The van der Waals surface area contributed by atoms with Crippen LogP contribution >= 0.6 is 0 Å². The van der Waals surface area contributed by atoms with Gasteiger partial charge in [-0.25, -0.2) is 15.0 Å². The van der Waals surface area contributed by atoms with Crippen molar-refractivity contribution < 1.29 is 9.47 Å². The van der Waals surface area contributed by atoms with Crippen molar-refractivity contribution >= 4 is 17.0 Å². The number of fused-ring (bicyclic) bond motifs is 1. The number of nitrogen functional groups attached to an aromatic ring is 1. The number of imidazole rings is 1. The second-order valence-corrected chi connectivity index (χ2v) is 4.93. The van der Waals surface area contributed by atoms with Crippen molar-refractivity contribution in [1.29, 1.82) is 0 Å². The van der Waals surface area contributed by atoms with E-state index < -0.39 is 0 Å². The van der Waals surface area contributed by atoms with Crippen molar-refractivity contribution in [1.82, 2.24) is 19.5 Å². The second kappa shape index (κ2) is 6.15. The molecule has 1 fully saturated rings. The Morgan fingerprint density at radius 2 is 2.35 bits per heavy atom. The molecule has 0 amide bonds. The summed E-state index contributed by atoms with van der Waals surface area (Å²) in [5.41, 5.74) is 7.18. The third kappa shape index (κ3) is 2.88. The van der Waals surface area contributed by atoms with E-state index in [4.69, 9.17) is 15.2 Å². The van der Waals surface area contributed by atoms with Gasteiger partial charge in [-0.15, -0.1) is 0 Å². The normalized spacial score (nSPS) is 18.9. The van der Waals surface area contributed by atoms with Crippen LogP contribution in [0.4, 0.5) is 5.82 Å². The second-order valence-electron chi connectivity index (χ2n) is 4.93. The molecule has 0 aliphatic carbocycles. The van der Waals surface area contributed by atoms with Crippen LogP contribution in [-0.2, 0) is 16.0 Å². The molecule has 0 bridgehead atoms. The van der Waals surface area contributed by atoms with E-state index in [-0.39, 0.29) is 6.10 Å². The zero-order chi connectivity index (χ0) is 13.8. The fourth-order valence-corrected chi connectivity index (χ4v) is 2.39. The van der Waals surface area contributed by atoms with Crippen molar-refractivity contribution in [2.75, 3.05) is 25.6 Å². The number of anilines is 1. The van der Waals surface area contributed by atoms with Gasteiger partial charge in [-0.05, 0) is 19.3 Å². The standard InChI is InChI=1S/C13H19N5O2/c14-12-11-13(16-8-15-12)18(9-17-11)4-2-5-19-7-10-3-1-6-20-10/h8-10H,1-7H2,(H2,14,15,16). The maximum absolute atomic E-state index is 5.75. The summed E-state index contributed by atoms with van der Waals surface area (Å²) in [5, 5.41) is 0. The lowest BCUT2D eigenvalue weighted by Crippen LogP contribution is -2.15. The highest BCUT2D eigenvalue weighted by Crippen LogP contribution is 2.15. The zero-order valence-electron chi connectivity index (χ0n) is 11.4. The quantitative estimate of drug-likeness (QED) is 0.792. The van der Waals surface area contributed by atoms with Gasteiger partial charge in [-0.1, -0.05) is 0 Å². The predicted octanol–water partition coefficient (Wildman–Crippen LogP) is 0.994. The van der Waals surface area contributed by atoms with E-state index >= 15 is 0 Å². The first-order valence-electron chi connectivity index (χ1n) is 6.95. The number of nitrogens with zero attached hydrogens (tertiary/aromatic N) is 4. The third-order valence-electron chi connectivity index (χ3n) is 3.44. The summed E-state index contributed by atoms with van der Waals surface area (Å²) in [6.07, 6.45) is 6.66. The van der Waals surface area contributed by atoms with E-state index in [1.165, 1.54) is 6.33 Å². The van der Waals surface area contributed by atoms with Crippen molar-refractivity contribution in [2.45, 2.75) is 31.9 Å². The maximum atomic E-state index is 5.75. The first-order valence-corrected chi connectivity index (χ1v) is 6.95. The van der Waals surface area contributed by atoms with E-state index in [0.29, 0.717) is 24.5 Å². The molecule has 7 heteroatoms. The van der Waals surface area contributed by atoms with Gasteiger partial charge >= 0.3 is 0 Å². The van der Waals surface area contributed by atoms with Crippen LogP contribution in [0.1, 0.15) is 19.3 Å². The molecule has 0 radical (unpaired) electrons. The molecular weight excluding hydrogens is 258 g/mol. The average molecular weight is 277 g/mol. The maximum Gasteiger partial charge on any atom is 0.165 e. The average Bonchev–Trinajstić information content (AvgIpc) is 3.09. The fourth-order valence-electron chi connectivity index (χ4n) is 2.39. The molecular formula is C13H19N5O2. The Bertz CT molecular complexity index is 565. The molecule has 1 saturated heterocycles. The smallest absolute Gasteiger partial charge is 0.165 e. The summed E-state index contributed by atoms with van der Waals surface area (Å²) in [4.78, 5) is 12.4. The van der Waals surface area contributed by atoms with Crippen LogP contribution in [0.3, 0.4) is 0 Å². The van der Waals surface area contributed by atoms with Gasteiger partial charge in [-0.2, -0.15) is 0 Å². The van der Waals surface area contributed by atoms with Gasteiger partial charge in [0.2, 0.25) is 0 Å². The molecule has 1 aliphatic rings. The first kappa shape index (κ1) is 13.3. The van der Waals surface area contributed by atoms with Gasteiger partial charge in [0.15, 0.2) is 11.5 Å². The largest absolute Gasteiger partial charge is 0.382 e. The molecule has 0 aromatic carbocycles. The van der Waals surface area contributed by atoms with E-state index in [9.17, 15) is 0 Å². The fraction of sp³-hybridized carbons (Fsp3) is 0.615. The Kier molecular flexibility index (Phi) is 4.08. The Balaban J connectivity index is 1.46. The summed E-state index contributed by atoms with van der Waals surface area (Å²) >= 11 is 0. The molecule has 2 N–H and O–H groups in total. The van der Waals surface area contributed by atoms with E-state index in [1.807, 2.05) is 4.57 Å². The molecule has 1 aliphatic heterocycles. The van der Waals surface area contributed by atoms with Crippen LogP contribution in [-0.4, -0.2) is 45.4 Å². The minimum atomic E-state index is 0.289. The zero-order valence-corrected chi connectivity index (χ0v) is 11.4. The number of nitrogens with two attached hydrogens (primary N) is 1. The van der Waals surface area contributed by atoms with Gasteiger partial charge in [-0.3, -0.25) is 0 Å². The Labute approximate surface area is 117 Å². The first-order chi connectivity index (χ1) is 9.84. The van der Waals surface area contributed by atoms with E-state index in [2.05, 4.69) is 15.0 Å². The predicted molar refractivity (Wildman–Crippen MR) is 74.1 cm³/mol. The van der Waals surface area contributed by atoms with Crippen LogP contribution in [0.5, 0.6) is 0 Å². The van der Waals surface area contributed by atoms with Crippen LogP contribution < -0.4 is 5.73 Å². The molecule has 1 atom stereocenters. The Hall–Kier alpha value is -1.73. The van der Waals surface area contributed by atoms with E-state index in [1.54, 1.807) is 6.33 Å². The molecule has 1 unspecified atom stereocenters. The topological polar surface area (TPSA) is 88.1 Å². The lowest BCUT2D eigenvalue weighted by Gasteiger charge is -2.10. The van der Waals surface area contributed by atoms with Crippen LogP contribution in [0.25, 0.3) is 11.2 Å². The molecule has 0 saturated carbocycles. The number of aryl methyl sites for hydroxylation is 1. The number of rotatable bonds is 6. The molecule has 20 heavy (non-hydrogen) atoms. The number of hydrogen-bond donors (Lipinski definition) is 1. The lowest BCUT2D eigenvalue weighted by atomic mass is 10.2. The molecule has 2 aromatic rings. The highest BCUT2D eigenvalue weighted by molar-refractivity contribution is 5.80. The molecule has 7 nitrogen and oxygen atoms in total. The third-order valence-corrected chi connectivity index (χ3v) is 3.44.